The highest BCUT2D eigenvalue weighted by atomic mass is 16.7. The van der Waals surface area contributed by atoms with Crippen molar-refractivity contribution in [2.24, 2.45) is 10.9 Å². The van der Waals surface area contributed by atoms with Gasteiger partial charge in [0.2, 0.25) is 11.6 Å². The van der Waals surface area contributed by atoms with E-state index in [1.54, 1.807) is 11.0 Å². The predicted octanol–water partition coefficient (Wildman–Crippen LogP) is 1.62. The fourth-order valence-corrected chi connectivity index (χ4v) is 4.99. The molecule has 3 aromatic rings. The van der Waals surface area contributed by atoms with Crippen molar-refractivity contribution in [1.82, 2.24) is 15.5 Å². The summed E-state index contributed by atoms with van der Waals surface area (Å²) in [5.41, 5.74) is 4.05. The van der Waals surface area contributed by atoms with Crippen molar-refractivity contribution in [3.05, 3.63) is 83.6 Å². The van der Waals surface area contributed by atoms with Crippen molar-refractivity contribution in [1.29, 1.82) is 0 Å². The van der Waals surface area contributed by atoms with Crippen LogP contribution in [-0.2, 0) is 15.4 Å². The Balaban J connectivity index is 1.51. The second kappa shape index (κ2) is 9.95. The number of β-amino-alcohol motifs (C(OH)–C–C–N with tert-alkyl or cyclic N) is 1. The Morgan fingerprint density at radius 1 is 1.17 bits per heavy atom. The molecule has 1 fully saturated rings. The average Bonchev–Trinajstić information content (AvgIpc) is 3.64. The van der Waals surface area contributed by atoms with E-state index in [4.69, 9.17) is 22.1 Å². The Bertz CT molecular complexity index is 1200. The molecule has 2 aromatic carbocycles. The van der Waals surface area contributed by atoms with Crippen molar-refractivity contribution in [3.63, 3.8) is 0 Å². The number of benzene rings is 2. The summed E-state index contributed by atoms with van der Waals surface area (Å²) in [4.78, 5) is 26.7. The zero-order valence-electron chi connectivity index (χ0n) is 20.2. The second-order valence-corrected chi connectivity index (χ2v) is 9.52. The van der Waals surface area contributed by atoms with Gasteiger partial charge in [0.15, 0.2) is 0 Å². The number of hydrogen-bond donors (Lipinski definition) is 2. The molecule has 1 saturated heterocycles. The zero-order chi connectivity index (χ0) is 25.3. The number of carbonyl (C=O) groups is 1. The van der Waals surface area contributed by atoms with Gasteiger partial charge in [0.25, 0.3) is 0 Å². The van der Waals surface area contributed by atoms with Gasteiger partial charge in [0.1, 0.15) is 24.7 Å². The van der Waals surface area contributed by atoms with E-state index in [0.717, 1.165) is 11.1 Å². The summed E-state index contributed by atoms with van der Waals surface area (Å²) >= 11 is 0. The van der Waals surface area contributed by atoms with Crippen LogP contribution >= 0.6 is 0 Å². The number of aliphatic imine (C=N–C) groups is 1. The van der Waals surface area contributed by atoms with Crippen LogP contribution in [0.5, 0.6) is 0 Å². The molecule has 3 heterocycles. The van der Waals surface area contributed by atoms with Crippen molar-refractivity contribution in [2.75, 3.05) is 6.54 Å². The highest BCUT2D eigenvalue weighted by Gasteiger charge is 2.48. The van der Waals surface area contributed by atoms with Crippen LogP contribution in [0, 0.1) is 5.92 Å². The molecule has 181 valence electrons. The van der Waals surface area contributed by atoms with Crippen LogP contribution in [0.2, 0.25) is 0 Å². The number of nitrogens with zero attached hydrogens (tertiary/aromatic N) is 3. The molecule has 5 rings (SSSR count). The van der Waals surface area contributed by atoms with Gasteiger partial charge in [-0.2, -0.15) is 0 Å². The van der Waals surface area contributed by atoms with Crippen LogP contribution < -0.4 is 11.1 Å². The number of likely N-dealkylation sites (tertiary alicyclic amines) is 1. The van der Waals surface area contributed by atoms with Crippen LogP contribution in [0.3, 0.4) is 0 Å². The maximum atomic E-state index is 13.9. The zero-order valence-corrected chi connectivity index (χ0v) is 20.2. The molecular formula is C26H27B2N4O4. The number of nitrogens with one attached hydrogen (secondary N) is 1. The minimum absolute atomic E-state index is 0.0723. The van der Waals surface area contributed by atoms with Gasteiger partial charge in [0.05, 0.1) is 12.1 Å². The van der Waals surface area contributed by atoms with Crippen molar-refractivity contribution >= 4 is 32.2 Å². The van der Waals surface area contributed by atoms with Crippen molar-refractivity contribution < 1.29 is 19.3 Å². The largest absolute Gasteiger partial charge is 0.391 e. The molecule has 3 unspecified atom stereocenters. The normalized spacial score (nSPS) is 21.8. The highest BCUT2D eigenvalue weighted by Crippen LogP contribution is 2.39. The number of amidine groups is 1. The molecule has 8 nitrogen and oxygen atoms in total. The summed E-state index contributed by atoms with van der Waals surface area (Å²) in [5, 5.41) is 14.5. The molecule has 1 aromatic heterocycles. The summed E-state index contributed by atoms with van der Waals surface area (Å²) in [7, 11) is 6.90. The number of aliphatic hydroxyl groups is 1. The SMILES string of the molecule is [B][B]c1cc(C(C(=O)N2CC(O)CC2C2=NC(c3ccccc3)(c3ccccc3)ON2)C(C)C)on1. The van der Waals surface area contributed by atoms with Crippen LogP contribution in [0.25, 0.3) is 0 Å². The van der Waals surface area contributed by atoms with Crippen LogP contribution in [0.4, 0.5) is 0 Å². The van der Waals surface area contributed by atoms with Gasteiger partial charge in [-0.1, -0.05) is 79.7 Å². The third-order valence-electron chi connectivity index (χ3n) is 6.75. The molecular weight excluding hydrogens is 454 g/mol. The fraction of sp³-hybridized carbons (Fsp3) is 0.346. The standard InChI is InChI=1S/C26H27B2N4O4/c1-16(2)23(21-14-22(28-27)30-35-21)25(34)32-15-19(33)13-20(32)24-29-26(36-31-24,17-9-5-3-6-10-17)18-11-7-4-8-12-18/h3-12,14,16,19-20,23,33H,13,15H2,1-2H3,(H,29,31). The van der Waals surface area contributed by atoms with E-state index in [-0.39, 0.29) is 18.4 Å². The number of rotatable bonds is 7. The Morgan fingerprint density at radius 3 is 2.36 bits per heavy atom. The molecule has 0 spiro atoms. The monoisotopic (exact) mass is 481 g/mol. The lowest BCUT2D eigenvalue weighted by Gasteiger charge is -2.29. The predicted molar refractivity (Wildman–Crippen MR) is 137 cm³/mol. The van der Waals surface area contributed by atoms with Gasteiger partial charge < -0.3 is 14.5 Å². The molecule has 3 radical (unpaired) electrons. The molecule has 0 aliphatic carbocycles. The van der Waals surface area contributed by atoms with E-state index >= 15 is 0 Å². The van der Waals surface area contributed by atoms with Crippen molar-refractivity contribution in [3.8, 4) is 0 Å². The molecule has 2 N–H and O–H groups in total. The maximum Gasteiger partial charge on any atom is 0.238 e. The Kier molecular flexibility index (Phi) is 6.73. The number of aromatic nitrogens is 1. The average molecular weight is 481 g/mol. The van der Waals surface area contributed by atoms with E-state index in [9.17, 15) is 9.90 Å². The van der Waals surface area contributed by atoms with Crippen LogP contribution in [0.1, 0.15) is 43.1 Å². The first-order valence-electron chi connectivity index (χ1n) is 12.1. The summed E-state index contributed by atoms with van der Waals surface area (Å²) in [6, 6.07) is 20.6. The van der Waals surface area contributed by atoms with E-state index in [2.05, 4.69) is 10.6 Å². The van der Waals surface area contributed by atoms with Crippen LogP contribution in [0.15, 0.2) is 76.2 Å². The van der Waals surface area contributed by atoms with Crippen molar-refractivity contribution in [2.45, 2.75) is 44.1 Å². The van der Waals surface area contributed by atoms with Crippen LogP contribution in [-0.4, -0.2) is 60.5 Å². The number of carbonyl (C=O) groups excluding carboxylic acids is 1. The minimum Gasteiger partial charge on any atom is -0.391 e. The quantitative estimate of drug-likeness (QED) is 0.498. The third-order valence-corrected chi connectivity index (χ3v) is 6.75. The topological polar surface area (TPSA) is 100 Å². The minimum atomic E-state index is -1.12. The molecule has 2 aliphatic rings. The first-order chi connectivity index (χ1) is 17.4. The summed E-state index contributed by atoms with van der Waals surface area (Å²) < 4.78 is 5.45. The number of amides is 1. The summed E-state index contributed by atoms with van der Waals surface area (Å²) in [6.45, 7) is 4.08. The number of aliphatic hydroxyl groups excluding tert-OH is 1. The Labute approximate surface area is 212 Å². The van der Waals surface area contributed by atoms with Gasteiger partial charge in [0, 0.05) is 37.4 Å². The first-order valence-corrected chi connectivity index (χ1v) is 12.1. The molecule has 3 atom stereocenters. The lowest BCUT2D eigenvalue weighted by molar-refractivity contribution is -0.134. The molecule has 10 heteroatoms. The maximum absolute atomic E-state index is 13.9. The van der Waals surface area contributed by atoms with Gasteiger partial charge in [-0.25, -0.2) is 15.3 Å². The lowest BCUT2D eigenvalue weighted by Crippen LogP contribution is -2.46. The van der Waals surface area contributed by atoms with Gasteiger partial charge in [-0.3, -0.25) is 4.79 Å². The molecule has 0 saturated carbocycles. The summed E-state index contributed by atoms with van der Waals surface area (Å²) in [5.74, 6) is 0.0931. The highest BCUT2D eigenvalue weighted by molar-refractivity contribution is 6.97. The van der Waals surface area contributed by atoms with E-state index < -0.39 is 23.8 Å². The first kappa shape index (κ1) is 24.3. The van der Waals surface area contributed by atoms with E-state index in [0.29, 0.717) is 23.6 Å². The fourth-order valence-electron chi connectivity index (χ4n) is 4.99. The third kappa shape index (κ3) is 4.35. The second-order valence-electron chi connectivity index (χ2n) is 9.52. The number of hydrogen-bond acceptors (Lipinski definition) is 7. The molecule has 2 aliphatic heterocycles. The molecule has 0 bridgehead atoms. The van der Waals surface area contributed by atoms with E-state index in [1.165, 1.54) is 7.17 Å². The van der Waals surface area contributed by atoms with E-state index in [1.807, 2.05) is 74.5 Å². The molecule has 36 heavy (non-hydrogen) atoms. The Morgan fingerprint density at radius 2 is 1.81 bits per heavy atom. The smallest absolute Gasteiger partial charge is 0.238 e. The van der Waals surface area contributed by atoms with Gasteiger partial charge >= 0.3 is 0 Å². The van der Waals surface area contributed by atoms with Gasteiger partial charge in [-0.15, -0.1) is 0 Å². The van der Waals surface area contributed by atoms with Gasteiger partial charge in [-0.05, 0) is 12.0 Å². The lowest BCUT2D eigenvalue weighted by atomic mass is 9.53. The molecule has 1 amide bonds. The Hall–Kier alpha value is -3.36. The number of hydroxylamine groups is 1. The summed E-state index contributed by atoms with van der Waals surface area (Å²) in [6.07, 6.45) is -0.355.